The Morgan fingerprint density at radius 3 is 2.31 bits per heavy atom. The molecule has 0 aromatic heterocycles. The van der Waals surface area contributed by atoms with Crippen molar-refractivity contribution in [3.8, 4) is 0 Å². The molecule has 0 aliphatic rings. The number of hydrogen-bond donors (Lipinski definition) is 1. The molecule has 1 nitrogen and oxygen atoms in total. The summed E-state index contributed by atoms with van der Waals surface area (Å²) >= 11 is 2.05. The van der Waals surface area contributed by atoms with Gasteiger partial charge in [0, 0.05) is 16.5 Å². The second-order valence-electron chi connectivity index (χ2n) is 3.51. The highest BCUT2D eigenvalue weighted by Gasteiger charge is 2.36. The lowest BCUT2D eigenvalue weighted by Crippen LogP contribution is -2.23. The van der Waals surface area contributed by atoms with Gasteiger partial charge in [0.05, 0.1) is 0 Å². The van der Waals surface area contributed by atoms with E-state index in [4.69, 9.17) is 0 Å². The van der Waals surface area contributed by atoms with E-state index in [9.17, 15) is 17.7 Å². The van der Waals surface area contributed by atoms with Gasteiger partial charge in [0.15, 0.2) is 4.90 Å². The van der Waals surface area contributed by atoms with Gasteiger partial charge >= 0.3 is 6.18 Å². The van der Waals surface area contributed by atoms with Crippen molar-refractivity contribution >= 4 is 23.8 Å². The Morgan fingerprint density at radius 1 is 1.25 bits per heavy atom. The molecule has 0 spiro atoms. The van der Waals surface area contributed by atoms with Gasteiger partial charge in [-0.2, -0.15) is 13.2 Å². The summed E-state index contributed by atoms with van der Waals surface area (Å²) in [6.45, 7) is 3.44. The number of hydrogen-bond acceptors (Lipinski definition) is 2. The molecule has 0 saturated carbocycles. The summed E-state index contributed by atoms with van der Waals surface area (Å²) in [4.78, 5) is 0.754. The molecule has 0 aliphatic carbocycles. The molecule has 0 fully saturated rings. The molecule has 0 bridgehead atoms. The van der Waals surface area contributed by atoms with Crippen LogP contribution in [0.15, 0.2) is 21.9 Å². The second kappa shape index (κ2) is 4.89. The molecule has 0 amide bonds. The summed E-state index contributed by atoms with van der Waals surface area (Å²) in [5.41, 5.74) is 1.45. The molecule has 90 valence electrons. The van der Waals surface area contributed by atoms with Crippen LogP contribution in [0.2, 0.25) is 0 Å². The van der Waals surface area contributed by atoms with Gasteiger partial charge in [-0.25, -0.2) is 0 Å². The topological polar surface area (TPSA) is 23.1 Å². The van der Waals surface area contributed by atoms with Crippen molar-refractivity contribution in [2.75, 3.05) is 5.75 Å². The van der Waals surface area contributed by atoms with Gasteiger partial charge in [0.2, 0.25) is 5.75 Å². The third kappa shape index (κ3) is 3.61. The zero-order valence-corrected chi connectivity index (χ0v) is 10.5. The van der Waals surface area contributed by atoms with Crippen molar-refractivity contribution in [3.05, 3.63) is 23.3 Å². The fraction of sp³-hybridized carbons (Fsp3) is 0.400. The Hall–Kier alpha value is -0.330. The minimum absolute atomic E-state index is 0.202. The lowest BCUT2D eigenvalue weighted by Gasteiger charge is -2.15. The zero-order chi connectivity index (χ0) is 12.5. The van der Waals surface area contributed by atoms with E-state index in [2.05, 4.69) is 12.6 Å². The van der Waals surface area contributed by atoms with E-state index in [1.807, 2.05) is 0 Å². The molecule has 0 aliphatic heterocycles. The summed E-state index contributed by atoms with van der Waals surface area (Å²) in [5.74, 6) is -1.32. The number of halogens is 3. The summed E-state index contributed by atoms with van der Waals surface area (Å²) in [6.07, 6.45) is -4.42. The molecule has 1 atom stereocenters. The minimum atomic E-state index is -4.42. The van der Waals surface area contributed by atoms with Crippen molar-refractivity contribution < 1.29 is 17.7 Å². The van der Waals surface area contributed by atoms with E-state index < -0.39 is 23.1 Å². The van der Waals surface area contributed by atoms with Crippen LogP contribution in [-0.4, -0.2) is 16.5 Å². The molecule has 0 N–H and O–H groups in total. The average Bonchev–Trinajstić information content (AvgIpc) is 2.08. The Labute approximate surface area is 101 Å². The van der Waals surface area contributed by atoms with Crippen LogP contribution in [0.25, 0.3) is 0 Å². The fourth-order valence-electron chi connectivity index (χ4n) is 1.29. The maximum atomic E-state index is 12.1. The lowest BCUT2D eigenvalue weighted by molar-refractivity contribution is -0.106. The standard InChI is InChI=1S/C10H11F3OS2/c1-6-3-7(2)9(4-8(6)15)16(14)5-10(11,12)13/h3-4,15H,5H2,1-2H3. The molecule has 1 aromatic carbocycles. The van der Waals surface area contributed by atoms with Crippen molar-refractivity contribution in [3.63, 3.8) is 0 Å². The van der Waals surface area contributed by atoms with Gasteiger partial charge < -0.3 is 4.55 Å². The number of thiol groups is 1. The highest BCUT2D eigenvalue weighted by atomic mass is 32.2. The third-order valence-electron chi connectivity index (χ3n) is 2.03. The van der Waals surface area contributed by atoms with Crippen LogP contribution in [0.4, 0.5) is 13.2 Å². The molecule has 0 saturated heterocycles. The molecule has 16 heavy (non-hydrogen) atoms. The van der Waals surface area contributed by atoms with E-state index in [1.54, 1.807) is 19.9 Å². The third-order valence-corrected chi connectivity index (χ3v) is 4.04. The van der Waals surface area contributed by atoms with Crippen LogP contribution in [0.3, 0.4) is 0 Å². The van der Waals surface area contributed by atoms with Gasteiger partial charge in [-0.1, -0.05) is 6.07 Å². The summed E-state index contributed by atoms with van der Waals surface area (Å²) in [6, 6.07) is 3.13. The maximum Gasteiger partial charge on any atom is 0.433 e. The summed E-state index contributed by atoms with van der Waals surface area (Å²) < 4.78 is 47.8. The Morgan fingerprint density at radius 2 is 1.81 bits per heavy atom. The predicted octanol–water partition coefficient (Wildman–Crippen LogP) is 3.26. The van der Waals surface area contributed by atoms with Gasteiger partial charge in [-0.05, 0) is 30.6 Å². The quantitative estimate of drug-likeness (QED) is 0.645. The highest BCUT2D eigenvalue weighted by Crippen LogP contribution is 2.27. The number of rotatable bonds is 2. The van der Waals surface area contributed by atoms with Crippen molar-refractivity contribution in [2.45, 2.75) is 29.8 Å². The maximum absolute atomic E-state index is 12.1. The first-order valence-electron chi connectivity index (χ1n) is 4.46. The second-order valence-corrected chi connectivity index (χ2v) is 5.41. The van der Waals surface area contributed by atoms with Crippen LogP contribution in [0, 0.1) is 13.8 Å². The Bertz CT molecular complexity index is 390. The largest absolute Gasteiger partial charge is 0.611 e. The van der Waals surface area contributed by atoms with Gasteiger partial charge in [0.1, 0.15) is 0 Å². The lowest BCUT2D eigenvalue weighted by atomic mass is 10.2. The van der Waals surface area contributed by atoms with Crippen LogP contribution < -0.4 is 0 Å². The number of aryl methyl sites for hydroxylation is 2. The van der Waals surface area contributed by atoms with E-state index in [1.165, 1.54) is 6.07 Å². The molecule has 1 unspecified atom stereocenters. The van der Waals surface area contributed by atoms with E-state index in [0.29, 0.717) is 10.5 Å². The minimum Gasteiger partial charge on any atom is -0.611 e. The monoisotopic (exact) mass is 268 g/mol. The molecule has 0 radical (unpaired) electrons. The molecule has 1 aromatic rings. The smallest absolute Gasteiger partial charge is 0.433 e. The van der Waals surface area contributed by atoms with Gasteiger partial charge in [-0.3, -0.25) is 0 Å². The predicted molar refractivity (Wildman–Crippen MR) is 60.5 cm³/mol. The normalized spacial score (nSPS) is 13.9. The van der Waals surface area contributed by atoms with E-state index >= 15 is 0 Å². The molecular formula is C10H11F3OS2. The average molecular weight is 268 g/mol. The molecule has 6 heteroatoms. The zero-order valence-electron chi connectivity index (χ0n) is 8.76. The number of alkyl halides is 3. The first kappa shape index (κ1) is 13.7. The van der Waals surface area contributed by atoms with E-state index in [0.717, 1.165) is 5.56 Å². The van der Waals surface area contributed by atoms with Crippen LogP contribution in [0.5, 0.6) is 0 Å². The number of benzene rings is 1. The molecule has 1 rings (SSSR count). The first-order valence-corrected chi connectivity index (χ1v) is 6.22. The molecular weight excluding hydrogens is 257 g/mol. The van der Waals surface area contributed by atoms with Gasteiger partial charge in [-0.15, -0.1) is 12.6 Å². The van der Waals surface area contributed by atoms with Crippen molar-refractivity contribution in [1.82, 2.24) is 0 Å². The fourth-order valence-corrected chi connectivity index (χ4v) is 2.69. The van der Waals surface area contributed by atoms with Crippen LogP contribution in [0.1, 0.15) is 11.1 Å². The summed E-state index contributed by atoms with van der Waals surface area (Å²) in [7, 11) is 0. The Kier molecular flexibility index (Phi) is 4.20. The molecule has 0 heterocycles. The van der Waals surface area contributed by atoms with Crippen molar-refractivity contribution in [1.29, 1.82) is 0 Å². The SMILES string of the molecule is Cc1cc(C)c([S+]([O-])CC(F)(F)F)cc1S. The highest BCUT2D eigenvalue weighted by molar-refractivity contribution is 7.91. The van der Waals surface area contributed by atoms with E-state index in [-0.39, 0.29) is 4.90 Å². The van der Waals surface area contributed by atoms with Crippen LogP contribution >= 0.6 is 12.6 Å². The van der Waals surface area contributed by atoms with Crippen LogP contribution in [-0.2, 0) is 11.2 Å². The first-order chi connectivity index (χ1) is 7.20. The van der Waals surface area contributed by atoms with Gasteiger partial charge in [0.25, 0.3) is 0 Å². The summed E-state index contributed by atoms with van der Waals surface area (Å²) in [5, 5.41) is 0. The Balaban J connectivity index is 3.00. The van der Waals surface area contributed by atoms with Crippen molar-refractivity contribution in [2.24, 2.45) is 0 Å².